The van der Waals surface area contributed by atoms with Gasteiger partial charge in [-0.3, -0.25) is 4.79 Å². The Labute approximate surface area is 194 Å². The predicted molar refractivity (Wildman–Crippen MR) is 135 cm³/mol. The molecule has 3 aromatic carbocycles. The number of hydrogen-bond acceptors (Lipinski definition) is 1. The maximum absolute atomic E-state index is 13.6. The average Bonchev–Trinajstić information content (AvgIpc) is 3.44. The molecule has 2 aromatic heterocycles. The van der Waals surface area contributed by atoms with E-state index in [0.717, 1.165) is 17.5 Å². The predicted octanol–water partition coefficient (Wildman–Crippen LogP) is 5.80. The van der Waals surface area contributed by atoms with Gasteiger partial charge < -0.3 is 15.3 Å². The average molecular weight is 436 g/mol. The molecule has 0 aliphatic heterocycles. The van der Waals surface area contributed by atoms with Gasteiger partial charge in [-0.05, 0) is 48.1 Å². The summed E-state index contributed by atoms with van der Waals surface area (Å²) >= 11 is 0. The van der Waals surface area contributed by atoms with Gasteiger partial charge in [-0.1, -0.05) is 73.7 Å². The molecule has 0 spiro atoms. The summed E-state index contributed by atoms with van der Waals surface area (Å²) in [7, 11) is 0. The lowest BCUT2D eigenvalue weighted by molar-refractivity contribution is -0.130. The minimum Gasteiger partial charge on any atom is -0.361 e. The zero-order valence-electron chi connectivity index (χ0n) is 18.9. The summed E-state index contributed by atoms with van der Waals surface area (Å²) in [5, 5.41) is 5.59. The normalized spacial score (nSPS) is 11.8. The number of para-hydroxylation sites is 2. The zero-order chi connectivity index (χ0) is 22.7. The van der Waals surface area contributed by atoms with Crippen LogP contribution in [0.4, 0.5) is 0 Å². The van der Waals surface area contributed by atoms with Gasteiger partial charge in [-0.2, -0.15) is 0 Å². The Kier molecular flexibility index (Phi) is 5.74. The van der Waals surface area contributed by atoms with Crippen molar-refractivity contribution >= 4 is 27.7 Å². The Morgan fingerprint density at radius 1 is 0.758 bits per heavy atom. The molecule has 2 heterocycles. The first-order chi connectivity index (χ1) is 16.1. The van der Waals surface area contributed by atoms with E-state index in [9.17, 15) is 4.79 Å². The van der Waals surface area contributed by atoms with E-state index in [4.69, 9.17) is 0 Å². The Morgan fingerprint density at radius 2 is 1.27 bits per heavy atom. The molecule has 0 fully saturated rings. The van der Waals surface area contributed by atoms with Crippen LogP contribution in [0, 0.1) is 5.41 Å². The number of benzene rings is 3. The van der Waals surface area contributed by atoms with E-state index in [1.54, 1.807) is 0 Å². The number of rotatable bonds is 8. The molecule has 5 rings (SSSR count). The van der Waals surface area contributed by atoms with Crippen molar-refractivity contribution in [3.05, 3.63) is 108 Å². The molecule has 33 heavy (non-hydrogen) atoms. The second-order valence-electron chi connectivity index (χ2n) is 9.12. The maximum Gasteiger partial charge on any atom is 0.226 e. The van der Waals surface area contributed by atoms with Gasteiger partial charge in [0.25, 0.3) is 0 Å². The number of H-pyrrole nitrogens is 2. The Hall–Kier alpha value is -3.79. The van der Waals surface area contributed by atoms with Gasteiger partial charge in [0.05, 0.1) is 5.41 Å². The van der Waals surface area contributed by atoms with Gasteiger partial charge in [0.2, 0.25) is 5.91 Å². The molecule has 3 N–H and O–H groups in total. The standard InChI is InChI=1S/C29H29N3O/c1-29(17-22-19-31-26-13-7-5-11-24(22)26,18-23-20-32-27-14-8-6-12-25(23)27)28(33)30-16-15-21-9-3-2-4-10-21/h2-14,19-20,31-32H,15-18H2,1H3,(H,30,33). The van der Waals surface area contributed by atoms with E-state index in [0.29, 0.717) is 19.4 Å². The first kappa shape index (κ1) is 21.1. The molecule has 4 heteroatoms. The van der Waals surface area contributed by atoms with E-state index >= 15 is 0 Å². The number of carbonyl (C=O) groups excluding carboxylic acids is 1. The van der Waals surface area contributed by atoms with Crippen molar-refractivity contribution in [3.63, 3.8) is 0 Å². The summed E-state index contributed by atoms with van der Waals surface area (Å²) in [6.45, 7) is 2.72. The maximum atomic E-state index is 13.6. The quantitative estimate of drug-likeness (QED) is 0.283. The van der Waals surface area contributed by atoms with Crippen molar-refractivity contribution in [1.82, 2.24) is 15.3 Å². The molecular weight excluding hydrogens is 406 g/mol. The lowest BCUT2D eigenvalue weighted by atomic mass is 9.77. The van der Waals surface area contributed by atoms with E-state index in [1.165, 1.54) is 27.5 Å². The fourth-order valence-corrected chi connectivity index (χ4v) is 4.80. The smallest absolute Gasteiger partial charge is 0.226 e. The van der Waals surface area contributed by atoms with Gasteiger partial charge in [-0.25, -0.2) is 0 Å². The van der Waals surface area contributed by atoms with E-state index in [2.05, 4.69) is 83.1 Å². The SMILES string of the molecule is CC(Cc1c[nH]c2ccccc12)(Cc1c[nH]c2ccccc12)C(=O)NCCc1ccccc1. The van der Waals surface area contributed by atoms with Gasteiger partial charge in [0.1, 0.15) is 0 Å². The summed E-state index contributed by atoms with van der Waals surface area (Å²) in [6.07, 6.45) is 6.25. The van der Waals surface area contributed by atoms with Crippen LogP contribution in [0.3, 0.4) is 0 Å². The van der Waals surface area contributed by atoms with Gasteiger partial charge in [0, 0.05) is 40.7 Å². The van der Waals surface area contributed by atoms with E-state index in [1.807, 2.05) is 30.3 Å². The monoisotopic (exact) mass is 435 g/mol. The van der Waals surface area contributed by atoms with Crippen LogP contribution >= 0.6 is 0 Å². The molecule has 0 bridgehead atoms. The number of aromatic amines is 2. The number of aromatic nitrogens is 2. The van der Waals surface area contributed by atoms with Crippen molar-refractivity contribution in [2.75, 3.05) is 6.54 Å². The summed E-state index contributed by atoms with van der Waals surface area (Å²) in [5.74, 6) is 0.0917. The van der Waals surface area contributed by atoms with Crippen molar-refractivity contribution in [3.8, 4) is 0 Å². The number of fused-ring (bicyclic) bond motifs is 2. The molecule has 0 radical (unpaired) electrons. The minimum atomic E-state index is -0.591. The van der Waals surface area contributed by atoms with Crippen LogP contribution in [0.15, 0.2) is 91.3 Å². The summed E-state index contributed by atoms with van der Waals surface area (Å²) in [5.41, 5.74) is 5.19. The van der Waals surface area contributed by atoms with Gasteiger partial charge in [-0.15, -0.1) is 0 Å². The van der Waals surface area contributed by atoms with Crippen LogP contribution in [0.25, 0.3) is 21.8 Å². The molecule has 0 aliphatic rings. The fraction of sp³-hybridized carbons (Fsp3) is 0.207. The molecule has 0 aliphatic carbocycles. The van der Waals surface area contributed by atoms with Crippen molar-refractivity contribution in [2.45, 2.75) is 26.2 Å². The molecule has 0 saturated carbocycles. The first-order valence-corrected chi connectivity index (χ1v) is 11.5. The molecule has 1 amide bonds. The second-order valence-corrected chi connectivity index (χ2v) is 9.12. The summed E-state index contributed by atoms with van der Waals surface area (Å²) in [6, 6.07) is 26.9. The summed E-state index contributed by atoms with van der Waals surface area (Å²) < 4.78 is 0. The third-order valence-electron chi connectivity index (χ3n) is 6.60. The van der Waals surface area contributed by atoms with Gasteiger partial charge in [0.15, 0.2) is 0 Å². The van der Waals surface area contributed by atoms with Gasteiger partial charge >= 0.3 is 0 Å². The Morgan fingerprint density at radius 3 is 1.85 bits per heavy atom. The van der Waals surface area contributed by atoms with Crippen LogP contribution in [0.2, 0.25) is 0 Å². The topological polar surface area (TPSA) is 60.7 Å². The van der Waals surface area contributed by atoms with E-state index < -0.39 is 5.41 Å². The number of hydrogen-bond donors (Lipinski definition) is 3. The van der Waals surface area contributed by atoms with E-state index in [-0.39, 0.29) is 5.91 Å². The molecule has 5 aromatic rings. The second kappa shape index (κ2) is 8.99. The highest BCUT2D eigenvalue weighted by atomic mass is 16.2. The zero-order valence-corrected chi connectivity index (χ0v) is 18.9. The molecule has 4 nitrogen and oxygen atoms in total. The Bertz CT molecular complexity index is 1300. The highest BCUT2D eigenvalue weighted by Crippen LogP contribution is 2.33. The fourth-order valence-electron chi connectivity index (χ4n) is 4.80. The third-order valence-corrected chi connectivity index (χ3v) is 6.60. The van der Waals surface area contributed by atoms with Crippen molar-refractivity contribution in [1.29, 1.82) is 0 Å². The van der Waals surface area contributed by atoms with Crippen molar-refractivity contribution in [2.24, 2.45) is 5.41 Å². The largest absolute Gasteiger partial charge is 0.361 e. The number of amides is 1. The molecule has 0 saturated heterocycles. The van der Waals surface area contributed by atoms with Crippen LogP contribution in [-0.2, 0) is 24.1 Å². The summed E-state index contributed by atoms with van der Waals surface area (Å²) in [4.78, 5) is 20.4. The number of carbonyl (C=O) groups is 1. The van der Waals surface area contributed by atoms with Crippen molar-refractivity contribution < 1.29 is 4.79 Å². The number of nitrogens with one attached hydrogen (secondary N) is 3. The third kappa shape index (κ3) is 4.42. The first-order valence-electron chi connectivity index (χ1n) is 11.5. The van der Waals surface area contributed by atoms with Crippen LogP contribution in [-0.4, -0.2) is 22.4 Å². The van der Waals surface area contributed by atoms with Crippen LogP contribution in [0.1, 0.15) is 23.6 Å². The van der Waals surface area contributed by atoms with Crippen LogP contribution in [0.5, 0.6) is 0 Å². The highest BCUT2D eigenvalue weighted by Gasteiger charge is 2.35. The lowest BCUT2D eigenvalue weighted by Crippen LogP contribution is -2.42. The highest BCUT2D eigenvalue weighted by molar-refractivity contribution is 5.88. The minimum absolute atomic E-state index is 0.0917. The lowest BCUT2D eigenvalue weighted by Gasteiger charge is -2.28. The molecule has 166 valence electrons. The molecular formula is C29H29N3O. The molecule has 0 atom stereocenters. The molecule has 0 unspecified atom stereocenters. The van der Waals surface area contributed by atoms with Crippen LogP contribution < -0.4 is 5.32 Å². The Balaban J connectivity index is 1.42.